The third-order valence-electron chi connectivity index (χ3n) is 4.84. The van der Waals surface area contributed by atoms with Crippen molar-refractivity contribution in [3.05, 3.63) is 95.6 Å². The second-order valence-electron chi connectivity index (χ2n) is 6.66. The van der Waals surface area contributed by atoms with Crippen LogP contribution in [0, 0.1) is 12.8 Å². The Morgan fingerprint density at radius 3 is 2.31 bits per heavy atom. The molecule has 3 aromatic rings. The fraction of sp³-hybridized carbons (Fsp3) is 0.261. The van der Waals surface area contributed by atoms with Crippen LogP contribution in [0.15, 0.2) is 73.1 Å². The Labute approximate surface area is 155 Å². The highest BCUT2D eigenvalue weighted by Gasteiger charge is 2.22. The highest BCUT2D eigenvalue weighted by molar-refractivity contribution is 5.54. The number of aromatic nitrogens is 2. The minimum atomic E-state index is -0.0244. The number of carbonyl (C=O) groups excluding carboxylic acids is 1. The molecule has 0 amide bonds. The first-order valence-electron chi connectivity index (χ1n) is 9.09. The van der Waals surface area contributed by atoms with Crippen LogP contribution in [0.2, 0.25) is 0 Å². The van der Waals surface area contributed by atoms with Crippen LogP contribution >= 0.6 is 0 Å². The van der Waals surface area contributed by atoms with Crippen molar-refractivity contribution in [2.45, 2.75) is 32.1 Å². The first kappa shape index (κ1) is 18.0. The van der Waals surface area contributed by atoms with Gasteiger partial charge in [-0.05, 0) is 61.6 Å². The van der Waals surface area contributed by atoms with E-state index in [1.807, 2.05) is 42.6 Å². The Balaban J connectivity index is 1.80. The van der Waals surface area contributed by atoms with E-state index in [1.165, 1.54) is 11.1 Å². The number of rotatable bonds is 8. The number of benzene rings is 1. The molecule has 2 heterocycles. The molecule has 3 nitrogen and oxygen atoms in total. The Morgan fingerprint density at radius 2 is 1.65 bits per heavy atom. The van der Waals surface area contributed by atoms with Gasteiger partial charge in [0.15, 0.2) is 0 Å². The maximum absolute atomic E-state index is 11.8. The molecule has 3 rings (SSSR count). The predicted octanol–water partition coefficient (Wildman–Crippen LogP) is 4.75. The molecule has 0 radical (unpaired) electrons. The fourth-order valence-electron chi connectivity index (χ4n) is 3.39. The summed E-state index contributed by atoms with van der Waals surface area (Å²) in [5, 5.41) is 0. The number of aryl methyl sites for hydroxylation is 2. The highest BCUT2D eigenvalue weighted by Crippen LogP contribution is 2.32. The van der Waals surface area contributed by atoms with Crippen molar-refractivity contribution in [1.82, 2.24) is 9.97 Å². The van der Waals surface area contributed by atoms with E-state index in [1.54, 1.807) is 6.20 Å². The van der Waals surface area contributed by atoms with Gasteiger partial charge in [-0.1, -0.05) is 36.4 Å². The molecule has 2 unspecified atom stereocenters. The molecule has 0 bridgehead atoms. The second kappa shape index (κ2) is 9.04. The number of aldehydes is 1. The average molecular weight is 344 g/mol. The van der Waals surface area contributed by atoms with Gasteiger partial charge in [0.1, 0.15) is 6.29 Å². The summed E-state index contributed by atoms with van der Waals surface area (Å²) in [5.74, 6) is 0.0972. The van der Waals surface area contributed by atoms with Gasteiger partial charge in [-0.2, -0.15) is 0 Å². The van der Waals surface area contributed by atoms with Gasteiger partial charge < -0.3 is 4.79 Å². The number of pyridine rings is 2. The van der Waals surface area contributed by atoms with E-state index in [0.29, 0.717) is 0 Å². The maximum atomic E-state index is 11.8. The van der Waals surface area contributed by atoms with Crippen LogP contribution in [0.4, 0.5) is 0 Å². The largest absolute Gasteiger partial charge is 0.303 e. The summed E-state index contributed by atoms with van der Waals surface area (Å²) in [6, 6.07) is 20.3. The Morgan fingerprint density at radius 1 is 0.923 bits per heavy atom. The second-order valence-corrected chi connectivity index (χ2v) is 6.66. The van der Waals surface area contributed by atoms with Crippen molar-refractivity contribution >= 4 is 6.29 Å². The van der Waals surface area contributed by atoms with Crippen LogP contribution in [0.5, 0.6) is 0 Å². The van der Waals surface area contributed by atoms with Crippen molar-refractivity contribution in [2.75, 3.05) is 0 Å². The molecule has 26 heavy (non-hydrogen) atoms. The Hall–Kier alpha value is -2.81. The van der Waals surface area contributed by atoms with Crippen LogP contribution in [0.1, 0.15) is 41.3 Å². The van der Waals surface area contributed by atoms with Gasteiger partial charge in [-0.25, -0.2) is 0 Å². The summed E-state index contributed by atoms with van der Waals surface area (Å²) in [7, 11) is 0. The van der Waals surface area contributed by atoms with E-state index < -0.39 is 0 Å². The molecule has 0 saturated heterocycles. The lowest BCUT2D eigenvalue weighted by molar-refractivity contribution is -0.111. The molecule has 0 N–H and O–H groups in total. The normalized spacial score (nSPS) is 13.1. The summed E-state index contributed by atoms with van der Waals surface area (Å²) in [4.78, 5) is 20.7. The predicted molar refractivity (Wildman–Crippen MR) is 104 cm³/mol. The van der Waals surface area contributed by atoms with E-state index in [-0.39, 0.29) is 11.8 Å². The molecule has 0 aliphatic rings. The number of hydrogen-bond donors (Lipinski definition) is 0. The third kappa shape index (κ3) is 4.63. The van der Waals surface area contributed by atoms with Crippen molar-refractivity contribution < 1.29 is 4.79 Å². The van der Waals surface area contributed by atoms with E-state index in [0.717, 1.165) is 36.9 Å². The van der Waals surface area contributed by atoms with Gasteiger partial charge in [0.25, 0.3) is 0 Å². The van der Waals surface area contributed by atoms with Crippen molar-refractivity contribution in [2.24, 2.45) is 5.92 Å². The minimum absolute atomic E-state index is 0.0244. The van der Waals surface area contributed by atoms with Crippen molar-refractivity contribution in [3.8, 4) is 0 Å². The summed E-state index contributed by atoms with van der Waals surface area (Å²) in [6.45, 7) is 2.12. The SMILES string of the molecule is Cc1ccccc1C(CC(C=O)CCc1ccccn1)c1ccccn1. The molecular weight excluding hydrogens is 320 g/mol. The van der Waals surface area contributed by atoms with Gasteiger partial charge in [0.05, 0.1) is 0 Å². The number of carbonyl (C=O) groups is 1. The van der Waals surface area contributed by atoms with E-state index in [4.69, 9.17) is 0 Å². The first-order chi connectivity index (χ1) is 12.8. The molecule has 3 heteroatoms. The lowest BCUT2D eigenvalue weighted by Gasteiger charge is -2.22. The zero-order valence-electron chi connectivity index (χ0n) is 15.1. The van der Waals surface area contributed by atoms with Gasteiger partial charge in [0.2, 0.25) is 0 Å². The van der Waals surface area contributed by atoms with Gasteiger partial charge in [-0.15, -0.1) is 0 Å². The molecule has 0 aliphatic heterocycles. The number of hydrogen-bond acceptors (Lipinski definition) is 3. The van der Waals surface area contributed by atoms with Gasteiger partial charge >= 0.3 is 0 Å². The van der Waals surface area contributed by atoms with Gasteiger partial charge in [0, 0.05) is 35.6 Å². The number of nitrogens with zero attached hydrogens (tertiary/aromatic N) is 2. The van der Waals surface area contributed by atoms with E-state index in [9.17, 15) is 4.79 Å². The van der Waals surface area contributed by atoms with Crippen molar-refractivity contribution in [1.29, 1.82) is 0 Å². The lowest BCUT2D eigenvalue weighted by Crippen LogP contribution is -2.13. The van der Waals surface area contributed by atoms with Gasteiger partial charge in [-0.3, -0.25) is 9.97 Å². The summed E-state index contributed by atoms with van der Waals surface area (Å²) >= 11 is 0. The van der Waals surface area contributed by atoms with Crippen LogP contribution in [0.3, 0.4) is 0 Å². The van der Waals surface area contributed by atoms with Crippen LogP contribution in [-0.2, 0) is 11.2 Å². The highest BCUT2D eigenvalue weighted by atomic mass is 16.1. The molecule has 0 spiro atoms. The summed E-state index contributed by atoms with van der Waals surface area (Å²) < 4.78 is 0. The summed E-state index contributed by atoms with van der Waals surface area (Å²) in [6.07, 6.45) is 7.09. The molecule has 0 fully saturated rings. The third-order valence-corrected chi connectivity index (χ3v) is 4.84. The summed E-state index contributed by atoms with van der Waals surface area (Å²) in [5.41, 5.74) is 4.53. The quantitative estimate of drug-likeness (QED) is 0.554. The first-order valence-corrected chi connectivity index (χ1v) is 9.09. The molecular formula is C23H24N2O. The van der Waals surface area contributed by atoms with E-state index in [2.05, 4.69) is 41.2 Å². The molecule has 2 atom stereocenters. The lowest BCUT2D eigenvalue weighted by atomic mass is 9.83. The molecule has 1 aromatic carbocycles. The smallest absolute Gasteiger partial charge is 0.123 e. The van der Waals surface area contributed by atoms with Crippen LogP contribution in [-0.4, -0.2) is 16.3 Å². The molecule has 2 aromatic heterocycles. The minimum Gasteiger partial charge on any atom is -0.303 e. The molecule has 132 valence electrons. The van der Waals surface area contributed by atoms with E-state index >= 15 is 0 Å². The standard InChI is InChI=1S/C23H24N2O/c1-18-8-2-3-10-21(18)22(23-11-5-7-15-25-23)16-19(17-26)12-13-20-9-4-6-14-24-20/h2-11,14-15,17,19,22H,12-13,16H2,1H3. The zero-order chi connectivity index (χ0) is 18.2. The molecule has 0 saturated carbocycles. The monoisotopic (exact) mass is 344 g/mol. The van der Waals surface area contributed by atoms with Crippen LogP contribution in [0.25, 0.3) is 0 Å². The maximum Gasteiger partial charge on any atom is 0.123 e. The van der Waals surface area contributed by atoms with Crippen molar-refractivity contribution in [3.63, 3.8) is 0 Å². The zero-order valence-corrected chi connectivity index (χ0v) is 15.1. The fourth-order valence-corrected chi connectivity index (χ4v) is 3.39. The topological polar surface area (TPSA) is 42.9 Å². The van der Waals surface area contributed by atoms with Crippen LogP contribution < -0.4 is 0 Å². The Kier molecular flexibility index (Phi) is 6.26. The average Bonchev–Trinajstić information content (AvgIpc) is 2.70. The molecule has 0 aliphatic carbocycles. The Bertz CT molecular complexity index is 818.